The molecule has 3 aromatic carbocycles. The molecule has 0 saturated carbocycles. The zero-order chi connectivity index (χ0) is 13.5. The number of nitrogens with zero attached hydrogens (tertiary/aromatic N) is 1. The van der Waals surface area contributed by atoms with Gasteiger partial charge in [-0.3, -0.25) is 0 Å². The largest absolute Gasteiger partial charge is 0.205 e. The Morgan fingerprint density at radius 2 is 1.60 bits per heavy atom. The van der Waals surface area contributed by atoms with Crippen molar-refractivity contribution in [1.82, 2.24) is 0 Å². The number of halogens is 1. The monoisotopic (exact) mass is 278 g/mol. The summed E-state index contributed by atoms with van der Waals surface area (Å²) in [5, 5.41) is 3.46. The van der Waals surface area contributed by atoms with E-state index in [9.17, 15) is 0 Å². The average molecular weight is 279 g/mol. The van der Waals surface area contributed by atoms with Crippen molar-refractivity contribution in [2.75, 3.05) is 0 Å². The van der Waals surface area contributed by atoms with Gasteiger partial charge in [0.05, 0.1) is 0 Å². The van der Waals surface area contributed by atoms with Crippen LogP contribution in [0.4, 0.5) is 5.69 Å². The van der Waals surface area contributed by atoms with Crippen LogP contribution in [0, 0.1) is 0 Å². The average Bonchev–Trinajstić information content (AvgIpc) is 2.48. The molecule has 0 atom stereocenters. The molecule has 0 aromatic heterocycles. The Hall–Kier alpha value is -2.12. The van der Waals surface area contributed by atoms with Crippen molar-refractivity contribution >= 4 is 34.3 Å². The number of benzene rings is 3. The highest BCUT2D eigenvalue weighted by atomic mass is 35.5. The fraction of sp³-hybridized carbons (Fsp3) is 0.0556. The normalized spacial score (nSPS) is 13.3. The lowest BCUT2D eigenvalue weighted by Crippen LogP contribution is -2.13. The molecule has 1 aliphatic heterocycles. The first-order valence-electron chi connectivity index (χ1n) is 6.69. The predicted octanol–water partition coefficient (Wildman–Crippen LogP) is 4.77. The van der Waals surface area contributed by atoms with Gasteiger partial charge in [0.2, 0.25) is 5.69 Å². The summed E-state index contributed by atoms with van der Waals surface area (Å²) in [5.74, 6) is 0. The molecule has 1 heterocycles. The van der Waals surface area contributed by atoms with Gasteiger partial charge in [0.15, 0.2) is 12.8 Å². The van der Waals surface area contributed by atoms with Crippen LogP contribution in [0.1, 0.15) is 11.1 Å². The zero-order valence-electron chi connectivity index (χ0n) is 10.9. The first-order valence-corrected chi connectivity index (χ1v) is 7.07. The highest BCUT2D eigenvalue weighted by Gasteiger charge is 2.19. The van der Waals surface area contributed by atoms with Gasteiger partial charge in [-0.2, -0.15) is 4.58 Å². The molecule has 0 aliphatic carbocycles. The number of rotatable bonds is 1. The van der Waals surface area contributed by atoms with Crippen molar-refractivity contribution in [1.29, 1.82) is 0 Å². The van der Waals surface area contributed by atoms with Gasteiger partial charge in [-0.15, -0.1) is 0 Å². The zero-order valence-corrected chi connectivity index (χ0v) is 11.6. The summed E-state index contributed by atoms with van der Waals surface area (Å²) in [7, 11) is 0. The molecule has 0 radical (unpaired) electrons. The Morgan fingerprint density at radius 3 is 2.40 bits per heavy atom. The van der Waals surface area contributed by atoms with Gasteiger partial charge >= 0.3 is 0 Å². The molecule has 1 aliphatic rings. The Morgan fingerprint density at radius 1 is 0.850 bits per heavy atom. The van der Waals surface area contributed by atoms with Crippen LogP contribution in [0.25, 0.3) is 10.8 Å². The second kappa shape index (κ2) is 4.46. The highest BCUT2D eigenvalue weighted by molar-refractivity contribution is 6.30. The third-order valence-corrected chi connectivity index (χ3v) is 4.07. The summed E-state index contributed by atoms with van der Waals surface area (Å²) in [4.78, 5) is 0. The fourth-order valence-corrected chi connectivity index (χ4v) is 3.01. The molecular weight excluding hydrogens is 266 g/mol. The van der Waals surface area contributed by atoms with Crippen molar-refractivity contribution in [3.8, 4) is 0 Å². The highest BCUT2D eigenvalue weighted by Crippen LogP contribution is 2.28. The molecule has 0 amide bonds. The molecule has 20 heavy (non-hydrogen) atoms. The second-order valence-corrected chi connectivity index (χ2v) is 5.53. The third-order valence-electron chi connectivity index (χ3n) is 3.82. The Labute approximate surface area is 122 Å². The van der Waals surface area contributed by atoms with Gasteiger partial charge in [0.1, 0.15) is 0 Å². The van der Waals surface area contributed by atoms with E-state index in [4.69, 9.17) is 11.6 Å². The molecule has 4 rings (SSSR count). The first-order chi connectivity index (χ1) is 9.81. The topological polar surface area (TPSA) is 3.01 Å². The van der Waals surface area contributed by atoms with Crippen LogP contribution >= 0.6 is 11.6 Å². The van der Waals surface area contributed by atoms with E-state index in [1.165, 1.54) is 27.6 Å². The van der Waals surface area contributed by atoms with E-state index >= 15 is 0 Å². The van der Waals surface area contributed by atoms with E-state index in [1.54, 1.807) is 0 Å². The summed E-state index contributed by atoms with van der Waals surface area (Å²) in [6, 6.07) is 21.0. The summed E-state index contributed by atoms with van der Waals surface area (Å²) in [6.07, 6.45) is 2.22. The Bertz CT molecular complexity index is 826. The van der Waals surface area contributed by atoms with Crippen molar-refractivity contribution in [3.63, 3.8) is 0 Å². The maximum atomic E-state index is 5.97. The second-order valence-electron chi connectivity index (χ2n) is 5.10. The van der Waals surface area contributed by atoms with Gasteiger partial charge in [-0.1, -0.05) is 41.9 Å². The predicted molar refractivity (Wildman–Crippen MR) is 84.2 cm³/mol. The molecule has 0 N–H and O–H groups in total. The molecule has 0 unspecified atom stereocenters. The lowest BCUT2D eigenvalue weighted by molar-refractivity contribution is -0.453. The van der Waals surface area contributed by atoms with Crippen LogP contribution in [0.5, 0.6) is 0 Å². The minimum atomic E-state index is 0.772. The van der Waals surface area contributed by atoms with E-state index in [0.717, 1.165) is 11.6 Å². The molecule has 3 aromatic rings. The van der Waals surface area contributed by atoms with Crippen molar-refractivity contribution in [3.05, 3.63) is 76.8 Å². The summed E-state index contributed by atoms with van der Waals surface area (Å²) in [6.45, 7) is 0.899. The van der Waals surface area contributed by atoms with Gasteiger partial charge in [0, 0.05) is 33.7 Å². The molecule has 1 nitrogen and oxygen atoms in total. The molecule has 0 saturated heterocycles. The maximum Gasteiger partial charge on any atom is 0.205 e. The number of hydrogen-bond acceptors (Lipinski definition) is 0. The first kappa shape index (κ1) is 11.7. The van der Waals surface area contributed by atoms with E-state index in [1.807, 2.05) is 12.1 Å². The van der Waals surface area contributed by atoms with E-state index in [2.05, 4.69) is 59.3 Å². The van der Waals surface area contributed by atoms with Crippen molar-refractivity contribution in [2.24, 2.45) is 0 Å². The van der Waals surface area contributed by atoms with Crippen LogP contribution in [0.2, 0.25) is 5.02 Å². The van der Waals surface area contributed by atoms with Crippen LogP contribution in [0.3, 0.4) is 0 Å². The van der Waals surface area contributed by atoms with Crippen LogP contribution in [-0.2, 0) is 6.54 Å². The van der Waals surface area contributed by atoms with Gasteiger partial charge in [-0.25, -0.2) is 0 Å². The smallest absolute Gasteiger partial charge is 0.194 e. The summed E-state index contributed by atoms with van der Waals surface area (Å²) >= 11 is 5.97. The Kier molecular flexibility index (Phi) is 2.61. The van der Waals surface area contributed by atoms with E-state index in [-0.39, 0.29) is 0 Å². The molecule has 0 fully saturated rings. The molecule has 96 valence electrons. The van der Waals surface area contributed by atoms with Crippen LogP contribution < -0.4 is 0 Å². The fourth-order valence-electron chi connectivity index (χ4n) is 2.88. The standard InChI is InChI=1S/C18H13ClN/c19-16-7-9-17(10-8-16)20-11-14-5-1-3-13-4-2-6-15(12-20)18(13)14/h1-11H,12H2/q+1. The van der Waals surface area contributed by atoms with Crippen molar-refractivity contribution < 1.29 is 4.58 Å². The molecule has 0 spiro atoms. The molecular formula is C18H13ClN+. The number of hydrogen-bond donors (Lipinski definition) is 0. The van der Waals surface area contributed by atoms with Gasteiger partial charge in [0.25, 0.3) is 0 Å². The van der Waals surface area contributed by atoms with E-state index < -0.39 is 0 Å². The minimum Gasteiger partial charge on any atom is -0.194 e. The SMILES string of the molecule is Clc1ccc([N+]2=Cc3cccc4cccc(c34)C2)cc1. The maximum absolute atomic E-state index is 5.97. The van der Waals surface area contributed by atoms with Gasteiger partial charge < -0.3 is 0 Å². The summed E-state index contributed by atoms with van der Waals surface area (Å²) in [5.41, 5.74) is 3.82. The van der Waals surface area contributed by atoms with Crippen molar-refractivity contribution in [2.45, 2.75) is 6.54 Å². The third kappa shape index (κ3) is 1.83. The summed E-state index contributed by atoms with van der Waals surface area (Å²) < 4.78 is 2.27. The minimum absolute atomic E-state index is 0.772. The van der Waals surface area contributed by atoms with E-state index in [0.29, 0.717) is 0 Å². The van der Waals surface area contributed by atoms with Crippen LogP contribution in [-0.4, -0.2) is 10.8 Å². The molecule has 0 bridgehead atoms. The molecule has 2 heteroatoms. The lowest BCUT2D eigenvalue weighted by Gasteiger charge is -2.13. The van der Waals surface area contributed by atoms with Gasteiger partial charge in [-0.05, 0) is 23.6 Å². The lowest BCUT2D eigenvalue weighted by atomic mass is 9.97. The van der Waals surface area contributed by atoms with Crippen LogP contribution in [0.15, 0.2) is 60.7 Å². The Balaban J connectivity index is 1.92. The quantitative estimate of drug-likeness (QED) is 0.564.